The molecule has 1 aliphatic rings. The molecule has 0 aromatic heterocycles. The number of rotatable bonds is 7. The van der Waals surface area contributed by atoms with Crippen molar-refractivity contribution in [3.63, 3.8) is 0 Å². The lowest BCUT2D eigenvalue weighted by Crippen LogP contribution is -2.47. The highest BCUT2D eigenvalue weighted by molar-refractivity contribution is 5.85. The van der Waals surface area contributed by atoms with Gasteiger partial charge in [-0.3, -0.25) is 4.79 Å². The Kier molecular flexibility index (Phi) is 8.89. The van der Waals surface area contributed by atoms with Crippen LogP contribution in [-0.2, 0) is 11.3 Å². The first-order chi connectivity index (χ1) is 11.1. The Morgan fingerprint density at radius 1 is 1.17 bits per heavy atom. The number of piperazine rings is 1. The number of hydrogen-bond donors (Lipinski definition) is 1. The number of methoxy groups -OCH3 is 2. The Hall–Kier alpha value is -1.50. The van der Waals surface area contributed by atoms with Gasteiger partial charge in [-0.25, -0.2) is 0 Å². The third-order valence-electron chi connectivity index (χ3n) is 4.04. The summed E-state index contributed by atoms with van der Waals surface area (Å²) in [6.07, 6.45) is 0.553. The number of nitrogens with zero attached hydrogens (tertiary/aromatic N) is 2. The van der Waals surface area contributed by atoms with Gasteiger partial charge in [-0.15, -0.1) is 12.4 Å². The summed E-state index contributed by atoms with van der Waals surface area (Å²) >= 11 is 0. The molecule has 7 heteroatoms. The van der Waals surface area contributed by atoms with Crippen LogP contribution in [-0.4, -0.2) is 69.7 Å². The quantitative estimate of drug-likeness (QED) is 0.799. The topological polar surface area (TPSA) is 54.0 Å². The van der Waals surface area contributed by atoms with E-state index < -0.39 is 0 Å². The maximum Gasteiger partial charge on any atom is 0.223 e. The van der Waals surface area contributed by atoms with E-state index in [1.807, 2.05) is 30.1 Å². The third kappa shape index (κ3) is 6.19. The van der Waals surface area contributed by atoms with E-state index in [-0.39, 0.29) is 18.3 Å². The zero-order valence-electron chi connectivity index (χ0n) is 14.7. The molecule has 1 N–H and O–H groups in total. The largest absolute Gasteiger partial charge is 0.497 e. The van der Waals surface area contributed by atoms with E-state index in [2.05, 4.69) is 10.2 Å². The van der Waals surface area contributed by atoms with Crippen molar-refractivity contribution in [2.45, 2.75) is 13.0 Å². The summed E-state index contributed by atoms with van der Waals surface area (Å²) in [5.74, 6) is 1.80. The second-order valence-electron chi connectivity index (χ2n) is 5.84. The monoisotopic (exact) mass is 357 g/mol. The lowest BCUT2D eigenvalue weighted by atomic mass is 10.2. The Balaban J connectivity index is 0.00000288. The van der Waals surface area contributed by atoms with E-state index in [4.69, 9.17) is 9.47 Å². The van der Waals surface area contributed by atoms with Crippen molar-refractivity contribution in [3.05, 3.63) is 23.8 Å². The molecular weight excluding hydrogens is 330 g/mol. The first-order valence-corrected chi connectivity index (χ1v) is 8.01. The van der Waals surface area contributed by atoms with Crippen molar-refractivity contribution >= 4 is 18.3 Å². The van der Waals surface area contributed by atoms with Crippen LogP contribution in [0.5, 0.6) is 11.5 Å². The van der Waals surface area contributed by atoms with Gasteiger partial charge in [0.1, 0.15) is 11.5 Å². The molecule has 1 aromatic carbocycles. The standard InChI is InChI=1S/C17H27N3O3.ClH/c1-19(7-4-17(21)20-8-5-18-6-9-20)13-14-10-15(22-2)12-16(11-14)23-3;/h10-12,18H,4-9,13H2,1-3H3;1H. The number of nitrogens with one attached hydrogen (secondary N) is 1. The number of amides is 1. The van der Waals surface area contributed by atoms with Crippen LogP contribution in [0.1, 0.15) is 12.0 Å². The Labute approximate surface area is 150 Å². The maximum atomic E-state index is 12.2. The molecule has 1 aliphatic heterocycles. The predicted octanol–water partition coefficient (Wildman–Crippen LogP) is 1.38. The molecule has 0 radical (unpaired) electrons. The van der Waals surface area contributed by atoms with Gasteiger partial charge >= 0.3 is 0 Å². The molecule has 136 valence electrons. The van der Waals surface area contributed by atoms with Gasteiger partial charge in [0.2, 0.25) is 5.91 Å². The number of ether oxygens (including phenoxy) is 2. The summed E-state index contributed by atoms with van der Waals surface area (Å²) in [5.41, 5.74) is 1.11. The first-order valence-electron chi connectivity index (χ1n) is 8.01. The van der Waals surface area contributed by atoms with E-state index in [1.54, 1.807) is 14.2 Å². The second-order valence-corrected chi connectivity index (χ2v) is 5.84. The SMILES string of the molecule is COc1cc(CN(C)CCC(=O)N2CCNCC2)cc(OC)c1.Cl. The van der Waals surface area contributed by atoms with Gasteiger partial charge in [0.05, 0.1) is 14.2 Å². The highest BCUT2D eigenvalue weighted by atomic mass is 35.5. The van der Waals surface area contributed by atoms with Crippen LogP contribution < -0.4 is 14.8 Å². The van der Waals surface area contributed by atoms with Crippen LogP contribution in [0.2, 0.25) is 0 Å². The molecule has 0 spiro atoms. The van der Waals surface area contributed by atoms with Crippen molar-refractivity contribution in [2.75, 3.05) is 54.0 Å². The average Bonchev–Trinajstić information content (AvgIpc) is 2.60. The highest BCUT2D eigenvalue weighted by Crippen LogP contribution is 2.23. The van der Waals surface area contributed by atoms with E-state index in [1.165, 1.54) is 0 Å². The Morgan fingerprint density at radius 2 is 1.75 bits per heavy atom. The van der Waals surface area contributed by atoms with Crippen molar-refractivity contribution in [3.8, 4) is 11.5 Å². The molecule has 1 amide bonds. The normalized spacial score (nSPS) is 14.2. The number of benzene rings is 1. The maximum absolute atomic E-state index is 12.2. The van der Waals surface area contributed by atoms with Crippen LogP contribution in [0.4, 0.5) is 0 Å². The summed E-state index contributed by atoms with van der Waals surface area (Å²) in [4.78, 5) is 16.3. The van der Waals surface area contributed by atoms with Crippen LogP contribution >= 0.6 is 12.4 Å². The molecule has 1 aromatic rings. The summed E-state index contributed by atoms with van der Waals surface area (Å²) in [6.45, 7) is 4.91. The van der Waals surface area contributed by atoms with Gasteiger partial charge in [-0.1, -0.05) is 0 Å². The van der Waals surface area contributed by atoms with Crippen molar-refractivity contribution in [1.82, 2.24) is 15.1 Å². The van der Waals surface area contributed by atoms with Crippen LogP contribution in [0.3, 0.4) is 0 Å². The van der Waals surface area contributed by atoms with Crippen LogP contribution in [0.15, 0.2) is 18.2 Å². The molecule has 0 bridgehead atoms. The van der Waals surface area contributed by atoms with Gasteiger partial charge in [-0.05, 0) is 24.7 Å². The van der Waals surface area contributed by atoms with E-state index in [9.17, 15) is 4.79 Å². The third-order valence-corrected chi connectivity index (χ3v) is 4.04. The molecule has 0 atom stereocenters. The minimum Gasteiger partial charge on any atom is -0.497 e. The second kappa shape index (κ2) is 10.4. The van der Waals surface area contributed by atoms with Crippen molar-refractivity contribution in [1.29, 1.82) is 0 Å². The lowest BCUT2D eigenvalue weighted by Gasteiger charge is -2.28. The lowest BCUT2D eigenvalue weighted by molar-refractivity contribution is -0.132. The molecule has 0 aliphatic carbocycles. The summed E-state index contributed by atoms with van der Waals surface area (Å²) in [7, 11) is 5.32. The molecule has 24 heavy (non-hydrogen) atoms. The van der Waals surface area contributed by atoms with Gasteiger partial charge in [0.15, 0.2) is 0 Å². The molecular formula is C17H28ClN3O3. The smallest absolute Gasteiger partial charge is 0.223 e. The first kappa shape index (κ1) is 20.5. The average molecular weight is 358 g/mol. The van der Waals surface area contributed by atoms with E-state index >= 15 is 0 Å². The Morgan fingerprint density at radius 3 is 2.29 bits per heavy atom. The Bertz CT molecular complexity index is 500. The molecule has 2 rings (SSSR count). The number of hydrogen-bond acceptors (Lipinski definition) is 5. The zero-order chi connectivity index (χ0) is 16.7. The molecule has 1 heterocycles. The number of carbonyl (C=O) groups is 1. The minimum absolute atomic E-state index is 0. The van der Waals surface area contributed by atoms with Crippen LogP contribution in [0, 0.1) is 0 Å². The number of halogens is 1. The molecule has 6 nitrogen and oxygen atoms in total. The molecule has 1 fully saturated rings. The van der Waals surface area contributed by atoms with Crippen molar-refractivity contribution in [2.24, 2.45) is 0 Å². The fourth-order valence-electron chi connectivity index (χ4n) is 2.71. The predicted molar refractivity (Wildman–Crippen MR) is 97.2 cm³/mol. The molecule has 0 saturated carbocycles. The van der Waals surface area contributed by atoms with E-state index in [0.717, 1.165) is 56.3 Å². The van der Waals surface area contributed by atoms with Gasteiger partial charge < -0.3 is 24.6 Å². The van der Waals surface area contributed by atoms with Gasteiger partial charge in [0, 0.05) is 51.8 Å². The molecule has 1 saturated heterocycles. The van der Waals surface area contributed by atoms with Crippen molar-refractivity contribution < 1.29 is 14.3 Å². The summed E-state index contributed by atoms with van der Waals surface area (Å²) in [6, 6.07) is 5.85. The number of carbonyl (C=O) groups excluding carboxylic acids is 1. The van der Waals surface area contributed by atoms with Gasteiger partial charge in [0.25, 0.3) is 0 Å². The van der Waals surface area contributed by atoms with E-state index in [0.29, 0.717) is 6.42 Å². The molecule has 0 unspecified atom stereocenters. The summed E-state index contributed by atoms with van der Waals surface area (Å²) < 4.78 is 10.6. The summed E-state index contributed by atoms with van der Waals surface area (Å²) in [5, 5.41) is 3.26. The fraction of sp³-hybridized carbons (Fsp3) is 0.588. The fourth-order valence-corrected chi connectivity index (χ4v) is 2.71. The minimum atomic E-state index is 0. The van der Waals surface area contributed by atoms with Crippen LogP contribution in [0.25, 0.3) is 0 Å². The highest BCUT2D eigenvalue weighted by Gasteiger charge is 2.16. The van der Waals surface area contributed by atoms with Gasteiger partial charge in [-0.2, -0.15) is 0 Å². The zero-order valence-corrected chi connectivity index (χ0v) is 15.5.